The van der Waals surface area contributed by atoms with E-state index in [0.717, 1.165) is 36.3 Å². The van der Waals surface area contributed by atoms with Crippen LogP contribution in [0.15, 0.2) is 52.1 Å². The molecule has 0 amide bonds. The SMILES string of the molecule is O=c1[nH]c2cc(NC3CCOCC3)ccc2c(=O)n1Cc1ccc(F)cc1. The van der Waals surface area contributed by atoms with Gasteiger partial charge < -0.3 is 15.0 Å². The molecule has 1 saturated heterocycles. The van der Waals surface area contributed by atoms with Crippen molar-refractivity contribution < 1.29 is 9.13 Å². The van der Waals surface area contributed by atoms with E-state index in [1.807, 2.05) is 6.07 Å². The molecular weight excluding hydrogens is 349 g/mol. The van der Waals surface area contributed by atoms with Crippen molar-refractivity contribution in [1.82, 2.24) is 9.55 Å². The summed E-state index contributed by atoms with van der Waals surface area (Å²) in [6.07, 6.45) is 1.85. The fourth-order valence-electron chi connectivity index (χ4n) is 3.34. The smallest absolute Gasteiger partial charge is 0.329 e. The number of hydrogen-bond acceptors (Lipinski definition) is 4. The highest BCUT2D eigenvalue weighted by atomic mass is 19.1. The Hall–Kier alpha value is -2.93. The molecule has 2 heterocycles. The summed E-state index contributed by atoms with van der Waals surface area (Å²) in [5, 5.41) is 3.86. The van der Waals surface area contributed by atoms with Crippen LogP contribution in [0.4, 0.5) is 10.1 Å². The average molecular weight is 369 g/mol. The molecule has 0 aliphatic carbocycles. The number of fused-ring (bicyclic) bond motifs is 1. The molecule has 2 N–H and O–H groups in total. The zero-order valence-corrected chi connectivity index (χ0v) is 14.7. The van der Waals surface area contributed by atoms with Gasteiger partial charge >= 0.3 is 5.69 Å². The molecule has 4 rings (SSSR count). The first-order chi connectivity index (χ1) is 13.1. The molecule has 27 heavy (non-hydrogen) atoms. The molecule has 1 fully saturated rings. The van der Waals surface area contributed by atoms with Crippen LogP contribution in [-0.4, -0.2) is 28.8 Å². The molecule has 1 aliphatic rings. The molecule has 1 aliphatic heterocycles. The first kappa shape index (κ1) is 17.5. The maximum absolute atomic E-state index is 13.0. The number of ether oxygens (including phenoxy) is 1. The van der Waals surface area contributed by atoms with Crippen molar-refractivity contribution in [1.29, 1.82) is 0 Å². The fourth-order valence-corrected chi connectivity index (χ4v) is 3.34. The Balaban J connectivity index is 1.65. The van der Waals surface area contributed by atoms with Crippen LogP contribution >= 0.6 is 0 Å². The summed E-state index contributed by atoms with van der Waals surface area (Å²) >= 11 is 0. The van der Waals surface area contributed by atoms with Gasteiger partial charge in [0.1, 0.15) is 5.82 Å². The molecule has 7 heteroatoms. The minimum absolute atomic E-state index is 0.0897. The Labute approximate surface area is 154 Å². The van der Waals surface area contributed by atoms with Crippen LogP contribution in [0.5, 0.6) is 0 Å². The van der Waals surface area contributed by atoms with Gasteiger partial charge in [-0.1, -0.05) is 12.1 Å². The van der Waals surface area contributed by atoms with E-state index in [2.05, 4.69) is 10.3 Å². The van der Waals surface area contributed by atoms with E-state index in [9.17, 15) is 14.0 Å². The lowest BCUT2D eigenvalue weighted by molar-refractivity contribution is 0.0904. The number of anilines is 1. The summed E-state index contributed by atoms with van der Waals surface area (Å²) in [5.41, 5.74) is 1.19. The Kier molecular flexibility index (Phi) is 4.77. The lowest BCUT2D eigenvalue weighted by atomic mass is 10.1. The normalized spacial score (nSPS) is 15.1. The minimum atomic E-state index is -0.486. The van der Waals surface area contributed by atoms with Crippen molar-refractivity contribution in [2.75, 3.05) is 18.5 Å². The summed E-state index contributed by atoms with van der Waals surface area (Å²) in [5.74, 6) is -0.358. The third kappa shape index (κ3) is 3.78. The zero-order valence-electron chi connectivity index (χ0n) is 14.7. The third-order valence-electron chi connectivity index (χ3n) is 4.83. The predicted molar refractivity (Wildman–Crippen MR) is 102 cm³/mol. The standard InChI is InChI=1S/C20H20FN3O3/c21-14-3-1-13(2-4-14)12-24-19(25)17-6-5-16(11-18(17)23-20(24)26)22-15-7-9-27-10-8-15/h1-6,11,15,22H,7-10,12H2,(H,23,26). The second-order valence-electron chi connectivity index (χ2n) is 6.74. The van der Waals surface area contributed by atoms with Gasteiger partial charge in [-0.05, 0) is 48.7 Å². The van der Waals surface area contributed by atoms with E-state index in [4.69, 9.17) is 4.74 Å². The van der Waals surface area contributed by atoms with Gasteiger partial charge in [0.15, 0.2) is 0 Å². The third-order valence-corrected chi connectivity index (χ3v) is 4.83. The summed E-state index contributed by atoms with van der Waals surface area (Å²) in [7, 11) is 0. The summed E-state index contributed by atoms with van der Waals surface area (Å²) in [4.78, 5) is 28.0. The molecule has 0 saturated carbocycles. The van der Waals surface area contributed by atoms with E-state index < -0.39 is 5.69 Å². The second-order valence-corrected chi connectivity index (χ2v) is 6.74. The Morgan fingerprint density at radius 3 is 2.59 bits per heavy atom. The number of hydrogen-bond donors (Lipinski definition) is 2. The monoisotopic (exact) mass is 369 g/mol. The van der Waals surface area contributed by atoms with E-state index >= 15 is 0 Å². The van der Waals surface area contributed by atoms with Gasteiger partial charge in [0.05, 0.1) is 17.4 Å². The van der Waals surface area contributed by atoms with Gasteiger partial charge in [0.25, 0.3) is 5.56 Å². The molecule has 0 spiro atoms. The molecule has 6 nitrogen and oxygen atoms in total. The maximum atomic E-state index is 13.0. The van der Waals surface area contributed by atoms with Crippen LogP contribution in [0.2, 0.25) is 0 Å². The Morgan fingerprint density at radius 1 is 1.11 bits per heavy atom. The number of benzene rings is 2. The van der Waals surface area contributed by atoms with Gasteiger partial charge in [-0.15, -0.1) is 0 Å². The van der Waals surface area contributed by atoms with Crippen LogP contribution < -0.4 is 16.6 Å². The van der Waals surface area contributed by atoms with Crippen molar-refractivity contribution >= 4 is 16.6 Å². The van der Waals surface area contributed by atoms with Crippen molar-refractivity contribution in [2.45, 2.75) is 25.4 Å². The van der Waals surface area contributed by atoms with Crippen molar-refractivity contribution in [3.8, 4) is 0 Å². The molecule has 0 atom stereocenters. The Morgan fingerprint density at radius 2 is 1.85 bits per heavy atom. The van der Waals surface area contributed by atoms with Gasteiger partial charge in [-0.2, -0.15) is 0 Å². The van der Waals surface area contributed by atoms with Crippen molar-refractivity contribution in [3.63, 3.8) is 0 Å². The number of nitrogens with zero attached hydrogens (tertiary/aromatic N) is 1. The second kappa shape index (κ2) is 7.36. The maximum Gasteiger partial charge on any atom is 0.329 e. The van der Waals surface area contributed by atoms with Gasteiger partial charge in [0, 0.05) is 24.9 Å². The van der Waals surface area contributed by atoms with Crippen molar-refractivity contribution in [2.24, 2.45) is 0 Å². The van der Waals surface area contributed by atoms with Crippen molar-refractivity contribution in [3.05, 3.63) is 74.7 Å². The molecular formula is C20H20FN3O3. The zero-order chi connectivity index (χ0) is 18.8. The van der Waals surface area contributed by atoms with Crippen LogP contribution in [-0.2, 0) is 11.3 Å². The molecule has 140 valence electrons. The predicted octanol–water partition coefficient (Wildman–Crippen LogP) is 2.47. The fraction of sp³-hybridized carbons (Fsp3) is 0.300. The van der Waals surface area contributed by atoms with Gasteiger partial charge in [0.2, 0.25) is 0 Å². The lowest BCUT2D eigenvalue weighted by Crippen LogP contribution is -2.35. The number of aromatic amines is 1. The number of rotatable bonds is 4. The minimum Gasteiger partial charge on any atom is -0.382 e. The molecule has 0 bridgehead atoms. The number of aromatic nitrogens is 2. The molecule has 0 radical (unpaired) electrons. The largest absolute Gasteiger partial charge is 0.382 e. The molecule has 1 aromatic heterocycles. The van der Waals surface area contributed by atoms with Gasteiger partial charge in [-0.3, -0.25) is 9.36 Å². The lowest BCUT2D eigenvalue weighted by Gasteiger charge is -2.24. The first-order valence-corrected chi connectivity index (χ1v) is 8.96. The van der Waals surface area contributed by atoms with Gasteiger partial charge in [-0.25, -0.2) is 9.18 Å². The average Bonchev–Trinajstić information content (AvgIpc) is 2.67. The highest BCUT2D eigenvalue weighted by Gasteiger charge is 2.14. The highest BCUT2D eigenvalue weighted by Crippen LogP contribution is 2.18. The molecule has 0 unspecified atom stereocenters. The van der Waals surface area contributed by atoms with E-state index in [-0.39, 0.29) is 17.9 Å². The van der Waals surface area contributed by atoms with Crippen LogP contribution in [0.1, 0.15) is 18.4 Å². The van der Waals surface area contributed by atoms with E-state index in [0.29, 0.717) is 22.5 Å². The van der Waals surface area contributed by atoms with E-state index in [1.54, 1.807) is 24.3 Å². The highest BCUT2D eigenvalue weighted by molar-refractivity contribution is 5.81. The summed E-state index contributed by atoms with van der Waals surface area (Å²) < 4.78 is 19.5. The number of halogens is 1. The summed E-state index contributed by atoms with van der Waals surface area (Å²) in [6.45, 7) is 1.55. The number of nitrogens with one attached hydrogen (secondary N) is 2. The van der Waals surface area contributed by atoms with Crippen LogP contribution in [0, 0.1) is 5.82 Å². The van der Waals surface area contributed by atoms with Crippen LogP contribution in [0.3, 0.4) is 0 Å². The first-order valence-electron chi connectivity index (χ1n) is 8.96. The van der Waals surface area contributed by atoms with E-state index in [1.165, 1.54) is 12.1 Å². The molecule has 2 aromatic carbocycles. The Bertz CT molecular complexity index is 1070. The summed E-state index contributed by atoms with van der Waals surface area (Å²) in [6, 6.07) is 11.4. The van der Waals surface area contributed by atoms with Crippen LogP contribution in [0.25, 0.3) is 10.9 Å². The molecule has 3 aromatic rings. The quantitative estimate of drug-likeness (QED) is 0.741. The topological polar surface area (TPSA) is 76.1 Å². The number of H-pyrrole nitrogens is 1.